The van der Waals surface area contributed by atoms with Crippen LogP contribution in [0.2, 0.25) is 0 Å². The van der Waals surface area contributed by atoms with Crippen molar-refractivity contribution in [2.24, 2.45) is 0 Å². The summed E-state index contributed by atoms with van der Waals surface area (Å²) in [5.41, 5.74) is 1.68. The summed E-state index contributed by atoms with van der Waals surface area (Å²) in [6.07, 6.45) is 4.41. The van der Waals surface area contributed by atoms with E-state index in [9.17, 15) is 4.79 Å². The van der Waals surface area contributed by atoms with Crippen LogP contribution in [-0.4, -0.2) is 12.4 Å². The van der Waals surface area contributed by atoms with Crippen molar-refractivity contribution in [3.8, 4) is 5.75 Å². The van der Waals surface area contributed by atoms with E-state index in [0.29, 0.717) is 5.56 Å². The van der Waals surface area contributed by atoms with Crippen LogP contribution in [0.3, 0.4) is 0 Å². The van der Waals surface area contributed by atoms with Crippen LogP contribution in [0.25, 0.3) is 6.08 Å². The van der Waals surface area contributed by atoms with Crippen LogP contribution < -0.4 is 4.74 Å². The van der Waals surface area contributed by atoms with Gasteiger partial charge in [-0.25, -0.2) is 0 Å². The lowest BCUT2D eigenvalue weighted by Crippen LogP contribution is -1.94. The minimum atomic E-state index is 0.0110. The predicted octanol–water partition coefficient (Wildman–Crippen LogP) is 4.37. The van der Waals surface area contributed by atoms with Crippen molar-refractivity contribution in [3.05, 3.63) is 71.8 Å². The van der Waals surface area contributed by atoms with E-state index in [1.165, 1.54) is 0 Å². The summed E-state index contributed by atoms with van der Waals surface area (Å²) in [4.78, 5) is 11.9. The Bertz CT molecular complexity index is 568. The minimum Gasteiger partial charge on any atom is -0.494 e. The molecule has 2 aromatic rings. The van der Waals surface area contributed by atoms with E-state index in [-0.39, 0.29) is 5.78 Å². The SMILES string of the molecule is CCCOc1ccc(/C=C/C(=O)c2ccccc2)cc1. The Labute approximate surface area is 119 Å². The molecule has 0 aliphatic heterocycles. The van der Waals surface area contributed by atoms with E-state index in [2.05, 4.69) is 6.92 Å². The third kappa shape index (κ3) is 4.09. The summed E-state index contributed by atoms with van der Waals surface area (Å²) >= 11 is 0. The van der Waals surface area contributed by atoms with Crippen LogP contribution in [0.1, 0.15) is 29.3 Å². The molecule has 0 aliphatic carbocycles. The zero-order valence-electron chi connectivity index (χ0n) is 11.6. The summed E-state index contributed by atoms with van der Waals surface area (Å²) in [7, 11) is 0. The summed E-state index contributed by atoms with van der Waals surface area (Å²) in [5, 5.41) is 0. The van der Waals surface area contributed by atoms with Crippen LogP contribution >= 0.6 is 0 Å². The van der Waals surface area contributed by atoms with Gasteiger partial charge in [0.1, 0.15) is 5.75 Å². The van der Waals surface area contributed by atoms with Crippen molar-refractivity contribution in [3.63, 3.8) is 0 Å². The van der Waals surface area contributed by atoms with Crippen molar-refractivity contribution in [1.82, 2.24) is 0 Å². The second-order valence-corrected chi connectivity index (χ2v) is 4.48. The van der Waals surface area contributed by atoms with Gasteiger partial charge in [0, 0.05) is 5.56 Å². The molecule has 0 aromatic heterocycles. The summed E-state index contributed by atoms with van der Waals surface area (Å²) in [6, 6.07) is 17.0. The van der Waals surface area contributed by atoms with Gasteiger partial charge in [0.15, 0.2) is 5.78 Å². The molecule has 2 nitrogen and oxygen atoms in total. The molecular formula is C18H18O2. The van der Waals surface area contributed by atoms with Gasteiger partial charge in [0.05, 0.1) is 6.61 Å². The molecule has 0 atom stereocenters. The highest BCUT2D eigenvalue weighted by molar-refractivity contribution is 6.06. The monoisotopic (exact) mass is 266 g/mol. The second-order valence-electron chi connectivity index (χ2n) is 4.48. The molecule has 2 heteroatoms. The van der Waals surface area contributed by atoms with Gasteiger partial charge in [0.25, 0.3) is 0 Å². The second kappa shape index (κ2) is 7.29. The normalized spacial score (nSPS) is 10.7. The van der Waals surface area contributed by atoms with Crippen molar-refractivity contribution in [2.45, 2.75) is 13.3 Å². The van der Waals surface area contributed by atoms with Crippen LogP contribution in [0, 0.1) is 0 Å². The first-order valence-corrected chi connectivity index (χ1v) is 6.80. The number of benzene rings is 2. The molecule has 0 spiro atoms. The maximum Gasteiger partial charge on any atom is 0.185 e. The van der Waals surface area contributed by atoms with Crippen molar-refractivity contribution in [2.75, 3.05) is 6.61 Å². The lowest BCUT2D eigenvalue weighted by atomic mass is 10.1. The number of allylic oxidation sites excluding steroid dienone is 1. The minimum absolute atomic E-state index is 0.0110. The molecule has 0 heterocycles. The molecule has 0 fully saturated rings. The molecule has 0 N–H and O–H groups in total. The van der Waals surface area contributed by atoms with E-state index in [4.69, 9.17) is 4.74 Å². The standard InChI is InChI=1S/C18H18O2/c1-2-14-20-17-11-8-15(9-12-17)10-13-18(19)16-6-4-3-5-7-16/h3-13H,2,14H2,1H3/b13-10+. The first kappa shape index (κ1) is 14.1. The smallest absolute Gasteiger partial charge is 0.185 e. The molecule has 0 amide bonds. The summed E-state index contributed by atoms with van der Waals surface area (Å²) in [6.45, 7) is 2.80. The fourth-order valence-electron chi connectivity index (χ4n) is 1.77. The highest BCUT2D eigenvalue weighted by Crippen LogP contribution is 2.14. The van der Waals surface area contributed by atoms with Gasteiger partial charge in [-0.1, -0.05) is 55.5 Å². The first-order valence-electron chi connectivity index (χ1n) is 6.80. The van der Waals surface area contributed by atoms with E-state index in [1.807, 2.05) is 60.7 Å². The summed E-state index contributed by atoms with van der Waals surface area (Å²) < 4.78 is 5.51. The van der Waals surface area contributed by atoms with Crippen molar-refractivity contribution in [1.29, 1.82) is 0 Å². The maximum absolute atomic E-state index is 11.9. The fraction of sp³-hybridized carbons (Fsp3) is 0.167. The number of ketones is 1. The van der Waals surface area contributed by atoms with Crippen LogP contribution in [-0.2, 0) is 0 Å². The number of hydrogen-bond acceptors (Lipinski definition) is 2. The third-order valence-corrected chi connectivity index (χ3v) is 2.84. The molecule has 0 aliphatic rings. The highest BCUT2D eigenvalue weighted by atomic mass is 16.5. The number of carbonyl (C=O) groups excluding carboxylic acids is 1. The van der Waals surface area contributed by atoms with E-state index < -0.39 is 0 Å². The number of hydrogen-bond donors (Lipinski definition) is 0. The molecule has 0 bridgehead atoms. The average molecular weight is 266 g/mol. The van der Waals surface area contributed by atoms with Gasteiger partial charge < -0.3 is 4.74 Å². The summed E-state index contributed by atoms with van der Waals surface area (Å²) in [5.74, 6) is 0.871. The topological polar surface area (TPSA) is 26.3 Å². The first-order chi connectivity index (χ1) is 9.79. The molecule has 20 heavy (non-hydrogen) atoms. The van der Waals surface area contributed by atoms with Crippen LogP contribution in [0.15, 0.2) is 60.7 Å². The number of carbonyl (C=O) groups is 1. The Balaban J connectivity index is 1.99. The number of rotatable bonds is 6. The van der Waals surface area contributed by atoms with Gasteiger partial charge >= 0.3 is 0 Å². The Morgan fingerprint density at radius 2 is 1.75 bits per heavy atom. The van der Waals surface area contributed by atoms with Crippen molar-refractivity contribution < 1.29 is 9.53 Å². The average Bonchev–Trinajstić information content (AvgIpc) is 2.52. The van der Waals surface area contributed by atoms with Gasteiger partial charge in [-0.3, -0.25) is 4.79 Å². The molecule has 0 saturated heterocycles. The molecule has 2 rings (SSSR count). The Morgan fingerprint density at radius 1 is 1.05 bits per heavy atom. The Hall–Kier alpha value is -2.35. The zero-order chi connectivity index (χ0) is 14.2. The molecule has 0 saturated carbocycles. The van der Waals surface area contributed by atoms with Gasteiger partial charge in [0.2, 0.25) is 0 Å². The van der Waals surface area contributed by atoms with Gasteiger partial charge in [-0.2, -0.15) is 0 Å². The highest BCUT2D eigenvalue weighted by Gasteiger charge is 1.99. The molecule has 0 unspecified atom stereocenters. The molecule has 2 aromatic carbocycles. The molecule has 102 valence electrons. The fourth-order valence-corrected chi connectivity index (χ4v) is 1.77. The Morgan fingerprint density at radius 3 is 2.40 bits per heavy atom. The van der Waals surface area contributed by atoms with E-state index in [1.54, 1.807) is 6.08 Å². The van der Waals surface area contributed by atoms with Crippen LogP contribution in [0.4, 0.5) is 0 Å². The lowest BCUT2D eigenvalue weighted by molar-refractivity contribution is 0.104. The largest absolute Gasteiger partial charge is 0.494 e. The van der Waals surface area contributed by atoms with Crippen molar-refractivity contribution >= 4 is 11.9 Å². The Kier molecular flexibility index (Phi) is 5.13. The van der Waals surface area contributed by atoms with E-state index in [0.717, 1.165) is 24.3 Å². The van der Waals surface area contributed by atoms with E-state index >= 15 is 0 Å². The molecular weight excluding hydrogens is 248 g/mol. The predicted molar refractivity (Wildman–Crippen MR) is 82.0 cm³/mol. The maximum atomic E-state index is 11.9. The lowest BCUT2D eigenvalue weighted by Gasteiger charge is -2.03. The van der Waals surface area contributed by atoms with Gasteiger partial charge in [-0.05, 0) is 30.2 Å². The quantitative estimate of drug-likeness (QED) is 0.573. The zero-order valence-corrected chi connectivity index (χ0v) is 11.6. The molecule has 0 radical (unpaired) electrons. The third-order valence-electron chi connectivity index (χ3n) is 2.84. The number of ether oxygens (including phenoxy) is 1. The van der Waals surface area contributed by atoms with Gasteiger partial charge in [-0.15, -0.1) is 0 Å². The van der Waals surface area contributed by atoms with Crippen LogP contribution in [0.5, 0.6) is 5.75 Å².